The van der Waals surface area contributed by atoms with Crippen LogP contribution in [0.5, 0.6) is 0 Å². The Labute approximate surface area is 109 Å². The fourth-order valence-corrected chi connectivity index (χ4v) is 2.87. The van der Waals surface area contributed by atoms with E-state index in [0.717, 1.165) is 16.7 Å². The molecule has 0 saturated heterocycles. The van der Waals surface area contributed by atoms with Crippen molar-refractivity contribution in [3.8, 4) is 0 Å². The summed E-state index contributed by atoms with van der Waals surface area (Å²) in [6, 6.07) is 1.51. The molecule has 0 atom stereocenters. The molecule has 0 bridgehead atoms. The van der Waals surface area contributed by atoms with Gasteiger partial charge in [0.05, 0.1) is 4.90 Å². The quantitative estimate of drug-likeness (QED) is 0.658. The molecule has 1 aromatic carbocycles. The van der Waals surface area contributed by atoms with Gasteiger partial charge in [-0.15, -0.1) is 13.2 Å². The molecule has 0 unspecified atom stereocenters. The van der Waals surface area contributed by atoms with Crippen molar-refractivity contribution in [3.05, 3.63) is 53.6 Å². The van der Waals surface area contributed by atoms with Gasteiger partial charge in [-0.05, 0) is 55.0 Å². The SMILES string of the molecule is C=CCc1c(S(=O)(=O)O)cc(C)c(C)c1CC=C. The maximum absolute atomic E-state index is 11.4. The summed E-state index contributed by atoms with van der Waals surface area (Å²) in [6.07, 6.45) is 4.33. The van der Waals surface area contributed by atoms with Crippen LogP contribution in [-0.4, -0.2) is 13.0 Å². The number of hydrogen-bond donors (Lipinski definition) is 1. The van der Waals surface area contributed by atoms with Gasteiger partial charge in [0.1, 0.15) is 0 Å². The molecular formula is C14H18O3S. The van der Waals surface area contributed by atoms with Crippen molar-refractivity contribution in [2.45, 2.75) is 31.6 Å². The second-order valence-corrected chi connectivity index (χ2v) is 5.62. The van der Waals surface area contributed by atoms with Crippen LogP contribution >= 0.6 is 0 Å². The summed E-state index contributed by atoms with van der Waals surface area (Å²) in [5.41, 5.74) is 3.37. The first-order valence-electron chi connectivity index (χ1n) is 5.64. The number of hydrogen-bond acceptors (Lipinski definition) is 2. The monoisotopic (exact) mass is 266 g/mol. The van der Waals surface area contributed by atoms with Crippen molar-refractivity contribution in [1.82, 2.24) is 0 Å². The van der Waals surface area contributed by atoms with Gasteiger partial charge in [0.25, 0.3) is 10.1 Å². The molecule has 0 spiro atoms. The van der Waals surface area contributed by atoms with Crippen LogP contribution in [0.15, 0.2) is 36.3 Å². The molecule has 0 aliphatic carbocycles. The van der Waals surface area contributed by atoms with Gasteiger partial charge in [0, 0.05) is 0 Å². The molecule has 0 aliphatic rings. The van der Waals surface area contributed by atoms with Crippen molar-refractivity contribution >= 4 is 10.1 Å². The average Bonchev–Trinajstić information content (AvgIpc) is 2.27. The molecule has 1 rings (SSSR count). The van der Waals surface area contributed by atoms with Gasteiger partial charge in [-0.3, -0.25) is 4.55 Å². The van der Waals surface area contributed by atoms with Gasteiger partial charge < -0.3 is 0 Å². The smallest absolute Gasteiger partial charge is 0.282 e. The summed E-state index contributed by atoms with van der Waals surface area (Å²) < 4.78 is 32.2. The van der Waals surface area contributed by atoms with Gasteiger partial charge in [0.15, 0.2) is 0 Å². The highest BCUT2D eigenvalue weighted by molar-refractivity contribution is 7.85. The van der Waals surface area contributed by atoms with Crippen molar-refractivity contribution < 1.29 is 13.0 Å². The molecule has 0 aromatic heterocycles. The fourth-order valence-electron chi connectivity index (χ4n) is 2.02. The van der Waals surface area contributed by atoms with Crippen LogP contribution in [0.2, 0.25) is 0 Å². The minimum absolute atomic E-state index is 0.0256. The lowest BCUT2D eigenvalue weighted by molar-refractivity contribution is 0.482. The van der Waals surface area contributed by atoms with Gasteiger partial charge in [-0.1, -0.05) is 12.2 Å². The third-order valence-electron chi connectivity index (χ3n) is 3.03. The van der Waals surface area contributed by atoms with E-state index in [4.69, 9.17) is 0 Å². The summed E-state index contributed by atoms with van der Waals surface area (Å²) in [5, 5.41) is 0. The molecule has 0 amide bonds. The number of allylic oxidation sites excluding steroid dienone is 2. The van der Waals surface area contributed by atoms with Crippen molar-refractivity contribution in [3.63, 3.8) is 0 Å². The summed E-state index contributed by atoms with van der Waals surface area (Å²) in [6.45, 7) is 11.1. The van der Waals surface area contributed by atoms with Gasteiger partial charge in [-0.2, -0.15) is 8.42 Å². The molecule has 0 radical (unpaired) electrons. The highest BCUT2D eigenvalue weighted by atomic mass is 32.2. The first-order valence-corrected chi connectivity index (χ1v) is 7.08. The Morgan fingerprint density at radius 2 is 1.67 bits per heavy atom. The summed E-state index contributed by atoms with van der Waals surface area (Å²) in [7, 11) is -4.22. The molecule has 0 aliphatic heterocycles. The van der Waals surface area contributed by atoms with Crippen LogP contribution in [0.25, 0.3) is 0 Å². The summed E-state index contributed by atoms with van der Waals surface area (Å²) >= 11 is 0. The zero-order chi connectivity index (χ0) is 13.9. The van der Waals surface area contributed by atoms with E-state index in [1.165, 1.54) is 6.07 Å². The first kappa shape index (κ1) is 14.7. The Bertz CT molecular complexity index is 584. The Morgan fingerprint density at radius 1 is 1.17 bits per heavy atom. The van der Waals surface area contributed by atoms with Gasteiger partial charge in [-0.25, -0.2) is 0 Å². The highest BCUT2D eigenvalue weighted by Crippen LogP contribution is 2.27. The van der Waals surface area contributed by atoms with Gasteiger partial charge >= 0.3 is 0 Å². The number of aryl methyl sites for hydroxylation is 1. The molecule has 1 aromatic rings. The summed E-state index contributed by atoms with van der Waals surface area (Å²) in [4.78, 5) is -0.0256. The Kier molecular flexibility index (Phi) is 4.48. The van der Waals surface area contributed by atoms with Gasteiger partial charge in [0.2, 0.25) is 0 Å². The maximum Gasteiger partial charge on any atom is 0.294 e. The maximum atomic E-state index is 11.4. The predicted molar refractivity (Wildman–Crippen MR) is 73.5 cm³/mol. The van der Waals surface area contributed by atoms with E-state index in [9.17, 15) is 13.0 Å². The molecule has 0 fully saturated rings. The minimum atomic E-state index is -4.22. The second-order valence-electron chi connectivity index (χ2n) is 4.23. The van der Waals surface area contributed by atoms with Crippen molar-refractivity contribution in [2.24, 2.45) is 0 Å². The van der Waals surface area contributed by atoms with Crippen molar-refractivity contribution in [2.75, 3.05) is 0 Å². The van der Waals surface area contributed by atoms with Crippen LogP contribution in [0.1, 0.15) is 22.3 Å². The van der Waals surface area contributed by atoms with E-state index in [1.54, 1.807) is 12.2 Å². The Balaban J connectivity index is 3.71. The Morgan fingerprint density at radius 3 is 2.11 bits per heavy atom. The van der Waals surface area contributed by atoms with E-state index in [2.05, 4.69) is 13.2 Å². The van der Waals surface area contributed by atoms with E-state index < -0.39 is 10.1 Å². The van der Waals surface area contributed by atoms with Crippen LogP contribution in [0.4, 0.5) is 0 Å². The third-order valence-corrected chi connectivity index (χ3v) is 3.95. The molecule has 18 heavy (non-hydrogen) atoms. The van der Waals surface area contributed by atoms with E-state index in [1.807, 2.05) is 13.8 Å². The average molecular weight is 266 g/mol. The summed E-state index contributed by atoms with van der Waals surface area (Å²) in [5.74, 6) is 0. The lowest BCUT2D eigenvalue weighted by Crippen LogP contribution is -2.09. The Hall–Kier alpha value is -1.39. The molecule has 1 N–H and O–H groups in total. The minimum Gasteiger partial charge on any atom is -0.282 e. The van der Waals surface area contributed by atoms with Crippen LogP contribution < -0.4 is 0 Å². The second kappa shape index (κ2) is 5.50. The van der Waals surface area contributed by atoms with E-state index in [-0.39, 0.29) is 4.90 Å². The standard InChI is InChI=1S/C14H18O3S/c1-5-7-12-11(4)10(3)9-14(18(15,16)17)13(12)8-6-2/h5-6,9H,1-2,7-8H2,3-4H3,(H,15,16,17). The first-order chi connectivity index (χ1) is 8.32. The molecule has 0 heterocycles. The third kappa shape index (κ3) is 2.89. The van der Waals surface area contributed by atoms with E-state index >= 15 is 0 Å². The van der Waals surface area contributed by atoms with E-state index in [0.29, 0.717) is 18.4 Å². The largest absolute Gasteiger partial charge is 0.294 e. The number of rotatable bonds is 5. The fraction of sp³-hybridized carbons (Fsp3) is 0.286. The van der Waals surface area contributed by atoms with Crippen molar-refractivity contribution in [1.29, 1.82) is 0 Å². The predicted octanol–water partition coefficient (Wildman–Crippen LogP) is 3.01. The highest BCUT2D eigenvalue weighted by Gasteiger charge is 2.20. The molecule has 4 heteroatoms. The normalized spacial score (nSPS) is 11.3. The zero-order valence-corrected chi connectivity index (χ0v) is 11.5. The van der Waals surface area contributed by atoms with Crippen LogP contribution in [0, 0.1) is 13.8 Å². The zero-order valence-electron chi connectivity index (χ0n) is 10.7. The number of benzene rings is 1. The molecular weight excluding hydrogens is 248 g/mol. The molecule has 3 nitrogen and oxygen atoms in total. The topological polar surface area (TPSA) is 54.4 Å². The van der Waals surface area contributed by atoms with Crippen LogP contribution in [0.3, 0.4) is 0 Å². The lowest BCUT2D eigenvalue weighted by Gasteiger charge is -2.16. The molecule has 0 saturated carbocycles. The lowest BCUT2D eigenvalue weighted by atomic mass is 9.93. The molecule has 98 valence electrons. The van der Waals surface area contributed by atoms with Crippen LogP contribution in [-0.2, 0) is 23.0 Å².